The number of carbonyl (C=O) groups excluding carboxylic acids is 2. The maximum atomic E-state index is 12.7. The summed E-state index contributed by atoms with van der Waals surface area (Å²) in [7, 11) is 0. The highest BCUT2D eigenvalue weighted by Crippen LogP contribution is 2.25. The predicted molar refractivity (Wildman–Crippen MR) is 108 cm³/mol. The fraction of sp³-hybridized carbons (Fsp3) is 0.200. The number of ether oxygens (including phenoxy) is 1. The number of aromatic nitrogens is 2. The van der Waals surface area contributed by atoms with Crippen LogP contribution < -0.4 is 11.1 Å². The van der Waals surface area contributed by atoms with Gasteiger partial charge in [0.25, 0.3) is 5.91 Å². The number of hydrogen-bond donors (Lipinski definition) is 2. The molecule has 0 aliphatic heterocycles. The lowest BCUT2D eigenvalue weighted by Gasteiger charge is -2.24. The van der Waals surface area contributed by atoms with Gasteiger partial charge in [-0.05, 0) is 43.1 Å². The molecule has 1 aromatic heterocycles. The van der Waals surface area contributed by atoms with Crippen molar-refractivity contribution >= 4 is 29.2 Å². The Labute approximate surface area is 166 Å². The zero-order valence-corrected chi connectivity index (χ0v) is 16.3. The van der Waals surface area contributed by atoms with Crippen molar-refractivity contribution in [2.75, 3.05) is 5.32 Å². The zero-order valence-electron chi connectivity index (χ0n) is 15.5. The zero-order chi connectivity index (χ0) is 20.1. The molecule has 2 aromatic carbocycles. The van der Waals surface area contributed by atoms with Crippen LogP contribution in [0.15, 0.2) is 54.6 Å². The summed E-state index contributed by atoms with van der Waals surface area (Å²) in [6.45, 7) is 3.57. The Morgan fingerprint density at radius 2 is 1.79 bits per heavy atom. The molecule has 0 bridgehead atoms. The number of hydrogen-bond acceptors (Lipinski definition) is 6. The number of rotatable bonds is 6. The van der Waals surface area contributed by atoms with Gasteiger partial charge in [0.2, 0.25) is 0 Å². The van der Waals surface area contributed by atoms with E-state index in [1.165, 1.54) is 0 Å². The van der Waals surface area contributed by atoms with Gasteiger partial charge in [-0.2, -0.15) is 0 Å². The summed E-state index contributed by atoms with van der Waals surface area (Å²) in [5, 5.41) is 6.95. The molecule has 2 amide bonds. The SMILES string of the molecule is CC(C)(Cc1ccc(NC(=O)c2snnc2-c2ccccc2)cc1)OC(N)=O. The number of anilines is 1. The van der Waals surface area contributed by atoms with E-state index in [9.17, 15) is 9.59 Å². The molecule has 144 valence electrons. The van der Waals surface area contributed by atoms with E-state index >= 15 is 0 Å². The average molecular weight is 396 g/mol. The summed E-state index contributed by atoms with van der Waals surface area (Å²) >= 11 is 1.05. The van der Waals surface area contributed by atoms with E-state index < -0.39 is 11.7 Å². The van der Waals surface area contributed by atoms with Crippen LogP contribution in [0.2, 0.25) is 0 Å². The maximum Gasteiger partial charge on any atom is 0.405 e. The summed E-state index contributed by atoms with van der Waals surface area (Å²) in [6.07, 6.45) is -0.303. The fourth-order valence-corrected chi connectivity index (χ4v) is 3.40. The van der Waals surface area contributed by atoms with Crippen molar-refractivity contribution < 1.29 is 14.3 Å². The second kappa shape index (κ2) is 8.18. The first-order valence-electron chi connectivity index (χ1n) is 8.60. The number of amides is 2. The normalized spacial score (nSPS) is 11.1. The predicted octanol–water partition coefficient (Wildman–Crippen LogP) is 3.87. The second-order valence-corrected chi connectivity index (χ2v) is 7.58. The third-order valence-electron chi connectivity index (χ3n) is 3.96. The topological polar surface area (TPSA) is 107 Å². The molecular weight excluding hydrogens is 376 g/mol. The Bertz CT molecular complexity index is 969. The molecule has 0 saturated carbocycles. The lowest BCUT2D eigenvalue weighted by Crippen LogP contribution is -2.33. The molecular formula is C20H20N4O3S. The van der Waals surface area contributed by atoms with E-state index in [0.29, 0.717) is 22.7 Å². The van der Waals surface area contributed by atoms with Crippen LogP contribution in [0.3, 0.4) is 0 Å². The van der Waals surface area contributed by atoms with Crippen molar-refractivity contribution in [1.82, 2.24) is 9.59 Å². The monoisotopic (exact) mass is 396 g/mol. The van der Waals surface area contributed by atoms with E-state index in [2.05, 4.69) is 14.9 Å². The van der Waals surface area contributed by atoms with Gasteiger partial charge in [0.15, 0.2) is 0 Å². The van der Waals surface area contributed by atoms with Crippen molar-refractivity contribution in [3.8, 4) is 11.3 Å². The lowest BCUT2D eigenvalue weighted by molar-refractivity contribution is 0.0460. The molecule has 1 heterocycles. The van der Waals surface area contributed by atoms with Crippen molar-refractivity contribution in [1.29, 1.82) is 0 Å². The van der Waals surface area contributed by atoms with Crippen LogP contribution in [-0.2, 0) is 11.2 Å². The van der Waals surface area contributed by atoms with Gasteiger partial charge in [-0.3, -0.25) is 4.79 Å². The summed E-state index contributed by atoms with van der Waals surface area (Å²) in [5.41, 5.74) is 7.38. The molecule has 0 unspecified atom stereocenters. The van der Waals surface area contributed by atoms with Crippen LogP contribution in [0.25, 0.3) is 11.3 Å². The second-order valence-electron chi connectivity index (χ2n) is 6.83. The summed E-state index contributed by atoms with van der Waals surface area (Å²) in [5.74, 6) is -0.265. The Morgan fingerprint density at radius 3 is 2.43 bits per heavy atom. The van der Waals surface area contributed by atoms with Crippen LogP contribution in [0, 0.1) is 0 Å². The molecule has 3 N–H and O–H groups in total. The van der Waals surface area contributed by atoms with Gasteiger partial charge in [0.05, 0.1) is 0 Å². The molecule has 0 spiro atoms. The molecule has 0 aliphatic rings. The maximum absolute atomic E-state index is 12.7. The average Bonchev–Trinajstić information content (AvgIpc) is 3.12. The van der Waals surface area contributed by atoms with Gasteiger partial charge in [-0.25, -0.2) is 4.79 Å². The fourth-order valence-electron chi connectivity index (χ4n) is 2.82. The minimum absolute atomic E-state index is 0.265. The first kappa shape index (κ1) is 19.5. The quantitative estimate of drug-likeness (QED) is 0.658. The van der Waals surface area contributed by atoms with Crippen molar-refractivity contribution in [3.05, 3.63) is 65.0 Å². The highest BCUT2D eigenvalue weighted by Gasteiger charge is 2.22. The summed E-state index contributed by atoms with van der Waals surface area (Å²) in [4.78, 5) is 24.1. The summed E-state index contributed by atoms with van der Waals surface area (Å²) < 4.78 is 9.02. The van der Waals surface area contributed by atoms with Crippen LogP contribution in [0.4, 0.5) is 10.5 Å². The molecule has 0 atom stereocenters. The van der Waals surface area contributed by atoms with Gasteiger partial charge in [0, 0.05) is 17.7 Å². The number of carbonyl (C=O) groups is 2. The first-order valence-corrected chi connectivity index (χ1v) is 9.38. The number of benzene rings is 2. The highest BCUT2D eigenvalue weighted by atomic mass is 32.1. The number of nitrogens with one attached hydrogen (secondary N) is 1. The van der Waals surface area contributed by atoms with Crippen LogP contribution in [-0.4, -0.2) is 27.2 Å². The van der Waals surface area contributed by atoms with Gasteiger partial charge in [-0.1, -0.05) is 47.0 Å². The molecule has 0 aliphatic carbocycles. The third-order valence-corrected chi connectivity index (χ3v) is 4.68. The van der Waals surface area contributed by atoms with Crippen LogP contribution in [0.5, 0.6) is 0 Å². The van der Waals surface area contributed by atoms with E-state index in [-0.39, 0.29) is 5.91 Å². The molecule has 28 heavy (non-hydrogen) atoms. The molecule has 8 heteroatoms. The van der Waals surface area contributed by atoms with Gasteiger partial charge in [0.1, 0.15) is 16.2 Å². The van der Waals surface area contributed by atoms with Crippen molar-refractivity contribution in [3.63, 3.8) is 0 Å². The molecule has 0 radical (unpaired) electrons. The van der Waals surface area contributed by atoms with E-state index in [4.69, 9.17) is 10.5 Å². The molecule has 3 aromatic rings. The number of nitrogens with two attached hydrogens (primary N) is 1. The molecule has 0 fully saturated rings. The molecule has 0 saturated heterocycles. The van der Waals surface area contributed by atoms with E-state index in [0.717, 1.165) is 22.7 Å². The van der Waals surface area contributed by atoms with Gasteiger partial charge >= 0.3 is 6.09 Å². The third kappa shape index (κ3) is 4.92. The standard InChI is InChI=1S/C20H20N4O3S/c1-20(2,27-19(21)26)12-13-8-10-15(11-9-13)22-18(25)17-16(23-24-28-17)14-6-4-3-5-7-14/h3-11H,12H2,1-2H3,(H2,21,26)(H,22,25). The van der Waals surface area contributed by atoms with Crippen molar-refractivity contribution in [2.24, 2.45) is 5.73 Å². The minimum atomic E-state index is -0.804. The van der Waals surface area contributed by atoms with E-state index in [1.807, 2.05) is 42.5 Å². The molecule has 7 nitrogen and oxygen atoms in total. The Morgan fingerprint density at radius 1 is 1.11 bits per heavy atom. The first-order chi connectivity index (χ1) is 13.3. The van der Waals surface area contributed by atoms with E-state index in [1.54, 1.807) is 26.0 Å². The van der Waals surface area contributed by atoms with Crippen LogP contribution >= 0.6 is 11.5 Å². The number of nitrogens with zero attached hydrogens (tertiary/aromatic N) is 2. The van der Waals surface area contributed by atoms with Crippen LogP contribution in [0.1, 0.15) is 29.1 Å². The highest BCUT2D eigenvalue weighted by molar-refractivity contribution is 7.08. The Balaban J connectivity index is 1.69. The number of primary amides is 1. The molecule has 3 rings (SSSR count). The van der Waals surface area contributed by atoms with Gasteiger partial charge < -0.3 is 15.8 Å². The smallest absolute Gasteiger partial charge is 0.405 e. The Hall–Kier alpha value is -3.26. The minimum Gasteiger partial charge on any atom is -0.443 e. The van der Waals surface area contributed by atoms with Crippen molar-refractivity contribution in [2.45, 2.75) is 25.9 Å². The Kier molecular flexibility index (Phi) is 5.70. The largest absolute Gasteiger partial charge is 0.443 e. The lowest BCUT2D eigenvalue weighted by atomic mass is 9.98. The summed E-state index contributed by atoms with van der Waals surface area (Å²) in [6, 6.07) is 16.8. The van der Waals surface area contributed by atoms with Gasteiger partial charge in [-0.15, -0.1) is 5.10 Å².